The smallest absolute Gasteiger partial charge is 0.255 e. The lowest BCUT2D eigenvalue weighted by Gasteiger charge is -2.13. The monoisotopic (exact) mass is 582 g/mol. The molecule has 0 aliphatic heterocycles. The van der Waals surface area contributed by atoms with Crippen LogP contribution in [0.4, 0.5) is 11.4 Å². The molecule has 0 saturated carbocycles. The second-order valence-electron chi connectivity index (χ2n) is 9.91. The molecule has 44 heavy (non-hydrogen) atoms. The lowest BCUT2D eigenvalue weighted by Crippen LogP contribution is -2.25. The van der Waals surface area contributed by atoms with Crippen LogP contribution in [-0.2, 0) is 13.1 Å². The maximum atomic E-state index is 13.0. The Morgan fingerprint density at radius 1 is 0.386 bits per heavy atom. The molecule has 0 aliphatic rings. The third kappa shape index (κ3) is 7.63. The van der Waals surface area contributed by atoms with Crippen molar-refractivity contribution >= 4 is 35.0 Å². The molecule has 0 aliphatic carbocycles. The zero-order valence-electron chi connectivity index (χ0n) is 23.7. The van der Waals surface area contributed by atoms with E-state index >= 15 is 0 Å². The van der Waals surface area contributed by atoms with Gasteiger partial charge in [-0.25, -0.2) is 0 Å². The van der Waals surface area contributed by atoms with Crippen LogP contribution >= 0.6 is 0 Å². The van der Waals surface area contributed by atoms with Gasteiger partial charge in [-0.15, -0.1) is 0 Å². The molecule has 5 rings (SSSR count). The summed E-state index contributed by atoms with van der Waals surface area (Å²) in [6.07, 6.45) is 0. The summed E-state index contributed by atoms with van der Waals surface area (Å²) < 4.78 is 0. The largest absolute Gasteiger partial charge is 0.348 e. The molecule has 0 atom stereocenters. The van der Waals surface area contributed by atoms with Gasteiger partial charge in [0, 0.05) is 24.2 Å². The van der Waals surface area contributed by atoms with Crippen LogP contribution in [0.3, 0.4) is 0 Å². The van der Waals surface area contributed by atoms with Crippen molar-refractivity contribution in [1.29, 1.82) is 0 Å². The predicted octanol–water partition coefficient (Wildman–Crippen LogP) is 6.05. The maximum absolute atomic E-state index is 13.0. The number of benzene rings is 5. The van der Waals surface area contributed by atoms with E-state index in [1.165, 1.54) is 24.3 Å². The first-order valence-corrected chi connectivity index (χ1v) is 14.0. The molecule has 0 unspecified atom stereocenters. The number of carbonyl (C=O) groups is 4. The van der Waals surface area contributed by atoms with Crippen molar-refractivity contribution in [1.82, 2.24) is 10.6 Å². The fraction of sp³-hybridized carbons (Fsp3) is 0.0556. The Bertz CT molecular complexity index is 1640. The highest BCUT2D eigenvalue weighted by Gasteiger charge is 2.17. The summed E-state index contributed by atoms with van der Waals surface area (Å²) in [6, 6.07) is 38.7. The number of hydrogen-bond acceptors (Lipinski definition) is 4. The molecule has 8 heteroatoms. The summed E-state index contributed by atoms with van der Waals surface area (Å²) in [6.45, 7) is 0.711. The van der Waals surface area contributed by atoms with E-state index < -0.39 is 11.8 Å². The lowest BCUT2D eigenvalue weighted by molar-refractivity contribution is 0.0942. The Morgan fingerprint density at radius 2 is 0.727 bits per heavy atom. The number of para-hydroxylation sites is 2. The Balaban J connectivity index is 1.20. The van der Waals surface area contributed by atoms with Gasteiger partial charge in [0.2, 0.25) is 0 Å². The van der Waals surface area contributed by atoms with Gasteiger partial charge in [-0.05, 0) is 59.7 Å². The minimum absolute atomic E-state index is 0.307. The van der Waals surface area contributed by atoms with Crippen molar-refractivity contribution in [2.45, 2.75) is 13.1 Å². The predicted molar refractivity (Wildman–Crippen MR) is 170 cm³/mol. The molecule has 0 radical (unpaired) electrons. The highest BCUT2D eigenvalue weighted by atomic mass is 16.2. The first-order valence-electron chi connectivity index (χ1n) is 14.0. The zero-order chi connectivity index (χ0) is 30.7. The van der Waals surface area contributed by atoms with Gasteiger partial charge in [-0.1, -0.05) is 84.9 Å². The lowest BCUT2D eigenvalue weighted by atomic mass is 10.1. The van der Waals surface area contributed by atoms with E-state index in [-0.39, 0.29) is 11.8 Å². The number of rotatable bonds is 10. The second-order valence-corrected chi connectivity index (χ2v) is 9.91. The molecule has 0 saturated heterocycles. The van der Waals surface area contributed by atoms with Gasteiger partial charge in [-0.2, -0.15) is 0 Å². The van der Waals surface area contributed by atoms with E-state index in [0.29, 0.717) is 46.7 Å². The quantitative estimate of drug-likeness (QED) is 0.160. The van der Waals surface area contributed by atoms with Gasteiger partial charge in [-0.3, -0.25) is 19.2 Å². The number of hydrogen-bond donors (Lipinski definition) is 4. The Kier molecular flexibility index (Phi) is 9.54. The average Bonchev–Trinajstić information content (AvgIpc) is 3.07. The standard InChI is InChI=1S/C36H30N4O4/c41-33(39-31-17-9-7-15-29(31)35(43)37-23-25-11-3-1-4-12-25)27-19-21-28(22-20-27)34(42)40-32-18-10-8-16-30(32)36(44)38-24-26-13-5-2-6-14-26/h1-22H,23-24H2,(H,37,43)(H,38,44)(H,39,41)(H,40,42). The van der Waals surface area contributed by atoms with Crippen molar-refractivity contribution < 1.29 is 19.2 Å². The van der Waals surface area contributed by atoms with Crippen LogP contribution in [0.25, 0.3) is 0 Å². The third-order valence-corrected chi connectivity index (χ3v) is 6.84. The molecule has 0 heterocycles. The van der Waals surface area contributed by atoms with Gasteiger partial charge in [0.25, 0.3) is 23.6 Å². The summed E-state index contributed by atoms with van der Waals surface area (Å²) >= 11 is 0. The van der Waals surface area contributed by atoms with E-state index in [4.69, 9.17) is 0 Å². The van der Waals surface area contributed by atoms with Crippen LogP contribution in [0.1, 0.15) is 52.6 Å². The van der Waals surface area contributed by atoms with Gasteiger partial charge in [0.05, 0.1) is 22.5 Å². The van der Waals surface area contributed by atoms with Crippen molar-refractivity contribution in [3.63, 3.8) is 0 Å². The minimum Gasteiger partial charge on any atom is -0.348 e. The van der Waals surface area contributed by atoms with Crippen molar-refractivity contribution in [2.24, 2.45) is 0 Å². The van der Waals surface area contributed by atoms with Gasteiger partial charge in [0.1, 0.15) is 0 Å². The summed E-state index contributed by atoms with van der Waals surface area (Å²) in [7, 11) is 0. The van der Waals surface area contributed by atoms with Crippen molar-refractivity contribution in [3.8, 4) is 0 Å². The fourth-order valence-corrected chi connectivity index (χ4v) is 4.49. The molecule has 0 spiro atoms. The summed E-state index contributed by atoms with van der Waals surface area (Å²) in [5.41, 5.74) is 3.93. The molecule has 0 bridgehead atoms. The molecule has 5 aromatic rings. The summed E-state index contributed by atoms with van der Waals surface area (Å²) in [5, 5.41) is 11.3. The van der Waals surface area contributed by atoms with Gasteiger partial charge >= 0.3 is 0 Å². The maximum Gasteiger partial charge on any atom is 0.255 e. The van der Waals surface area contributed by atoms with Crippen LogP contribution < -0.4 is 21.3 Å². The van der Waals surface area contributed by atoms with Crippen LogP contribution in [0.2, 0.25) is 0 Å². The summed E-state index contributed by atoms with van der Waals surface area (Å²) in [4.78, 5) is 51.8. The first-order chi connectivity index (χ1) is 21.5. The highest BCUT2D eigenvalue weighted by Crippen LogP contribution is 2.19. The SMILES string of the molecule is O=C(Nc1ccccc1C(=O)NCc1ccccc1)c1ccc(C(=O)Nc2ccccc2C(=O)NCc2ccccc2)cc1. The molecule has 4 amide bonds. The Hall–Kier alpha value is -6.02. The minimum atomic E-state index is -0.430. The number of nitrogens with one attached hydrogen (secondary N) is 4. The molecule has 218 valence electrons. The van der Waals surface area contributed by atoms with E-state index in [0.717, 1.165) is 11.1 Å². The molecular formula is C36H30N4O4. The topological polar surface area (TPSA) is 116 Å². The molecule has 4 N–H and O–H groups in total. The number of amides is 4. The normalized spacial score (nSPS) is 10.4. The van der Waals surface area contributed by atoms with Crippen LogP contribution in [0.15, 0.2) is 133 Å². The van der Waals surface area contributed by atoms with Gasteiger partial charge < -0.3 is 21.3 Å². The molecule has 0 fully saturated rings. The van der Waals surface area contributed by atoms with Crippen molar-refractivity contribution in [3.05, 3.63) is 167 Å². The van der Waals surface area contributed by atoms with Crippen molar-refractivity contribution in [2.75, 3.05) is 10.6 Å². The molecule has 0 aromatic heterocycles. The molecule has 5 aromatic carbocycles. The number of anilines is 2. The first kappa shape index (κ1) is 29.5. The number of carbonyl (C=O) groups excluding carboxylic acids is 4. The van der Waals surface area contributed by atoms with E-state index in [1.807, 2.05) is 60.7 Å². The van der Waals surface area contributed by atoms with Gasteiger partial charge in [0.15, 0.2) is 0 Å². The second kappa shape index (κ2) is 14.2. The van der Waals surface area contributed by atoms with E-state index in [2.05, 4.69) is 21.3 Å². The highest BCUT2D eigenvalue weighted by molar-refractivity contribution is 6.11. The molecular weight excluding hydrogens is 552 g/mol. The van der Waals surface area contributed by atoms with E-state index in [9.17, 15) is 19.2 Å². The van der Waals surface area contributed by atoms with E-state index in [1.54, 1.807) is 48.5 Å². The summed E-state index contributed by atoms with van der Waals surface area (Å²) in [5.74, 6) is -1.49. The van der Waals surface area contributed by atoms with Crippen LogP contribution in [0.5, 0.6) is 0 Å². The van der Waals surface area contributed by atoms with Crippen LogP contribution in [0, 0.1) is 0 Å². The average molecular weight is 583 g/mol. The van der Waals surface area contributed by atoms with Crippen LogP contribution in [-0.4, -0.2) is 23.6 Å². The Labute approximate surface area is 255 Å². The third-order valence-electron chi connectivity index (χ3n) is 6.84. The zero-order valence-corrected chi connectivity index (χ0v) is 23.7. The molecule has 8 nitrogen and oxygen atoms in total. The Morgan fingerprint density at radius 3 is 1.11 bits per heavy atom. The fourth-order valence-electron chi connectivity index (χ4n) is 4.49.